The Morgan fingerprint density at radius 3 is 2.51 bits per heavy atom. The van der Waals surface area contributed by atoms with Crippen LogP contribution in [0.5, 0.6) is 0 Å². The van der Waals surface area contributed by atoms with Crippen molar-refractivity contribution in [2.75, 3.05) is 32.6 Å². The van der Waals surface area contributed by atoms with Crippen LogP contribution in [0.3, 0.4) is 0 Å². The number of carbonyl (C=O) groups excluding carboxylic acids is 1. The van der Waals surface area contributed by atoms with Crippen molar-refractivity contribution in [2.45, 2.75) is 24.8 Å². The van der Waals surface area contributed by atoms with Crippen molar-refractivity contribution in [2.24, 2.45) is 4.99 Å². The molecule has 9 nitrogen and oxygen atoms in total. The summed E-state index contributed by atoms with van der Waals surface area (Å²) in [7, 11) is -2.03. The standard InChI is InChI=1S/C23H26Cl2N4O5S/c1-15-18(24)7-8-19(21(15)25)35(33,34)14-26-10-9-20(30)28(2)13-16-3-5-17(6-4-16)22-27-11-12-29(22)23(31)32/h3-8,26H,9-14H2,1-2H3,(H,31,32). The number of rotatable bonds is 9. The molecular formula is C23H26Cl2N4O5S. The molecule has 0 atom stereocenters. The van der Waals surface area contributed by atoms with Gasteiger partial charge in [0, 0.05) is 37.1 Å². The normalized spacial score (nSPS) is 13.6. The molecule has 0 fully saturated rings. The molecule has 0 saturated heterocycles. The van der Waals surface area contributed by atoms with Crippen molar-refractivity contribution < 1.29 is 23.1 Å². The van der Waals surface area contributed by atoms with Crippen molar-refractivity contribution >= 4 is 50.9 Å². The van der Waals surface area contributed by atoms with Crippen LogP contribution in [0.2, 0.25) is 10.0 Å². The Morgan fingerprint density at radius 1 is 1.17 bits per heavy atom. The number of carbonyl (C=O) groups is 2. The van der Waals surface area contributed by atoms with Gasteiger partial charge in [-0.3, -0.25) is 14.7 Å². The first-order valence-electron chi connectivity index (χ1n) is 10.8. The minimum Gasteiger partial charge on any atom is -0.465 e. The van der Waals surface area contributed by atoms with Gasteiger partial charge in [-0.2, -0.15) is 0 Å². The van der Waals surface area contributed by atoms with Crippen LogP contribution >= 0.6 is 23.2 Å². The molecule has 1 aliphatic heterocycles. The van der Waals surface area contributed by atoms with Gasteiger partial charge in [0.25, 0.3) is 0 Å². The van der Waals surface area contributed by atoms with Crippen molar-refractivity contribution in [3.05, 3.63) is 63.1 Å². The number of hydrogen-bond acceptors (Lipinski definition) is 6. The molecule has 0 aromatic heterocycles. The number of aliphatic imine (C=N–C) groups is 1. The van der Waals surface area contributed by atoms with Gasteiger partial charge < -0.3 is 15.3 Å². The van der Waals surface area contributed by atoms with Gasteiger partial charge in [-0.25, -0.2) is 13.2 Å². The van der Waals surface area contributed by atoms with Gasteiger partial charge in [0.15, 0.2) is 9.84 Å². The van der Waals surface area contributed by atoms with E-state index in [9.17, 15) is 23.1 Å². The van der Waals surface area contributed by atoms with E-state index >= 15 is 0 Å². The molecule has 0 saturated carbocycles. The highest BCUT2D eigenvalue weighted by atomic mass is 35.5. The summed E-state index contributed by atoms with van der Waals surface area (Å²) in [4.78, 5) is 30.8. The zero-order valence-corrected chi connectivity index (χ0v) is 21.6. The van der Waals surface area contributed by atoms with E-state index in [1.165, 1.54) is 17.0 Å². The molecule has 0 bridgehead atoms. The van der Waals surface area contributed by atoms with E-state index in [2.05, 4.69) is 10.3 Å². The lowest BCUT2D eigenvalue weighted by Crippen LogP contribution is -2.33. The molecule has 35 heavy (non-hydrogen) atoms. The summed E-state index contributed by atoms with van der Waals surface area (Å²) >= 11 is 12.1. The quantitative estimate of drug-likeness (QED) is 0.470. The van der Waals surface area contributed by atoms with E-state index in [0.717, 1.165) is 5.56 Å². The summed E-state index contributed by atoms with van der Waals surface area (Å²) in [5.41, 5.74) is 2.06. The fraction of sp³-hybridized carbons (Fsp3) is 0.348. The number of carboxylic acid groups (broad SMARTS) is 1. The number of amidine groups is 1. The lowest BCUT2D eigenvalue weighted by molar-refractivity contribution is -0.130. The third kappa shape index (κ3) is 6.52. The fourth-order valence-corrected chi connectivity index (χ4v) is 5.54. The Labute approximate surface area is 214 Å². The minimum atomic E-state index is -3.69. The molecule has 2 amide bonds. The maximum Gasteiger partial charge on any atom is 0.413 e. The predicted molar refractivity (Wildman–Crippen MR) is 135 cm³/mol. The molecule has 0 radical (unpaired) electrons. The first kappa shape index (κ1) is 26.9. The van der Waals surface area contributed by atoms with E-state index in [-0.39, 0.29) is 34.7 Å². The molecule has 0 unspecified atom stereocenters. The van der Waals surface area contributed by atoms with Crippen LogP contribution in [0.4, 0.5) is 4.79 Å². The van der Waals surface area contributed by atoms with E-state index in [0.29, 0.717) is 41.6 Å². The molecule has 2 aromatic rings. The molecule has 0 spiro atoms. The number of nitrogens with zero attached hydrogens (tertiary/aromatic N) is 3. The number of halogens is 2. The molecule has 1 aliphatic rings. The summed E-state index contributed by atoms with van der Waals surface area (Å²) in [5, 5.41) is 12.5. The lowest BCUT2D eigenvalue weighted by atomic mass is 10.1. The molecule has 188 valence electrons. The maximum atomic E-state index is 12.6. The summed E-state index contributed by atoms with van der Waals surface area (Å²) in [6, 6.07) is 10.1. The Balaban J connectivity index is 1.49. The van der Waals surface area contributed by atoms with Gasteiger partial charge >= 0.3 is 6.09 Å². The lowest BCUT2D eigenvalue weighted by Gasteiger charge is -2.18. The molecule has 2 N–H and O–H groups in total. The number of benzene rings is 2. The van der Waals surface area contributed by atoms with Gasteiger partial charge in [0.1, 0.15) is 11.7 Å². The van der Waals surface area contributed by atoms with E-state index in [1.54, 1.807) is 31.0 Å². The smallest absolute Gasteiger partial charge is 0.413 e. The average Bonchev–Trinajstić information content (AvgIpc) is 3.31. The molecule has 0 aliphatic carbocycles. The van der Waals surface area contributed by atoms with Gasteiger partial charge in [-0.15, -0.1) is 0 Å². The Kier molecular flexibility index (Phi) is 8.76. The molecule has 1 heterocycles. The second kappa shape index (κ2) is 11.4. The average molecular weight is 541 g/mol. The summed E-state index contributed by atoms with van der Waals surface area (Å²) in [6.45, 7) is 2.95. The highest BCUT2D eigenvalue weighted by Crippen LogP contribution is 2.30. The van der Waals surface area contributed by atoms with Crippen LogP contribution in [0, 0.1) is 6.92 Å². The minimum absolute atomic E-state index is 0.00417. The topological polar surface area (TPSA) is 119 Å². The number of amides is 2. The van der Waals surface area contributed by atoms with Gasteiger partial charge in [0.05, 0.1) is 23.0 Å². The van der Waals surface area contributed by atoms with E-state index < -0.39 is 15.9 Å². The summed E-state index contributed by atoms with van der Waals surface area (Å²) in [6.07, 6.45) is -0.926. The number of hydrogen-bond donors (Lipinski definition) is 2. The van der Waals surface area contributed by atoms with Crippen molar-refractivity contribution in [3.63, 3.8) is 0 Å². The zero-order chi connectivity index (χ0) is 25.8. The Morgan fingerprint density at radius 2 is 1.86 bits per heavy atom. The number of sulfone groups is 1. The van der Waals surface area contributed by atoms with Gasteiger partial charge in [0.2, 0.25) is 5.91 Å². The van der Waals surface area contributed by atoms with Crippen LogP contribution in [0.15, 0.2) is 46.3 Å². The Hall–Kier alpha value is -2.66. The SMILES string of the molecule is Cc1c(Cl)ccc(S(=O)(=O)CNCCC(=O)N(C)Cc2ccc(C3=NCCN3C(=O)O)cc2)c1Cl. The summed E-state index contributed by atoms with van der Waals surface area (Å²) in [5.74, 6) is -0.0927. The third-order valence-corrected chi connectivity index (χ3v) is 8.16. The first-order valence-corrected chi connectivity index (χ1v) is 13.2. The first-order chi connectivity index (χ1) is 16.5. The van der Waals surface area contributed by atoms with Gasteiger partial charge in [-0.1, -0.05) is 47.5 Å². The Bertz CT molecular complexity index is 1250. The van der Waals surface area contributed by atoms with Crippen molar-refractivity contribution in [1.29, 1.82) is 0 Å². The van der Waals surface area contributed by atoms with Crippen molar-refractivity contribution in [1.82, 2.24) is 15.1 Å². The zero-order valence-electron chi connectivity index (χ0n) is 19.3. The largest absolute Gasteiger partial charge is 0.465 e. The molecule has 3 rings (SSSR count). The molecule has 2 aromatic carbocycles. The highest BCUT2D eigenvalue weighted by Gasteiger charge is 2.24. The van der Waals surface area contributed by atoms with Crippen LogP contribution in [-0.4, -0.2) is 73.7 Å². The monoisotopic (exact) mass is 540 g/mol. The maximum absolute atomic E-state index is 12.6. The van der Waals surface area contributed by atoms with Crippen LogP contribution in [0.25, 0.3) is 0 Å². The fourth-order valence-electron chi connectivity index (χ4n) is 3.55. The highest BCUT2D eigenvalue weighted by molar-refractivity contribution is 7.91. The van der Waals surface area contributed by atoms with Crippen molar-refractivity contribution in [3.8, 4) is 0 Å². The molecule has 12 heteroatoms. The molecular weight excluding hydrogens is 515 g/mol. The van der Waals surface area contributed by atoms with Crippen LogP contribution < -0.4 is 5.32 Å². The third-order valence-electron chi connectivity index (χ3n) is 5.56. The second-order valence-corrected chi connectivity index (χ2v) is 10.8. The van der Waals surface area contributed by atoms with Crippen LogP contribution in [-0.2, 0) is 21.2 Å². The number of nitrogens with one attached hydrogen (secondary N) is 1. The predicted octanol–water partition coefficient (Wildman–Crippen LogP) is 3.41. The van der Waals surface area contributed by atoms with E-state index in [1.807, 2.05) is 12.1 Å². The van der Waals surface area contributed by atoms with Gasteiger partial charge in [-0.05, 0) is 30.2 Å². The second-order valence-electron chi connectivity index (χ2n) is 8.08. The van der Waals surface area contributed by atoms with Crippen LogP contribution in [0.1, 0.15) is 23.1 Å². The van der Waals surface area contributed by atoms with E-state index in [4.69, 9.17) is 23.2 Å². The summed E-state index contributed by atoms with van der Waals surface area (Å²) < 4.78 is 25.2.